The van der Waals surface area contributed by atoms with Crippen LogP contribution >= 0.6 is 15.9 Å². The van der Waals surface area contributed by atoms with Crippen LogP contribution in [-0.2, 0) is 14.2 Å². The fourth-order valence-electron chi connectivity index (χ4n) is 1.07. The SMILES string of the molecule is COCCOCCOCCOc1ncncc1Br. The van der Waals surface area contributed by atoms with Crippen molar-refractivity contribution in [3.63, 3.8) is 0 Å². The maximum Gasteiger partial charge on any atom is 0.231 e. The van der Waals surface area contributed by atoms with Crippen molar-refractivity contribution in [1.82, 2.24) is 9.97 Å². The summed E-state index contributed by atoms with van der Waals surface area (Å²) in [4.78, 5) is 7.81. The largest absolute Gasteiger partial charge is 0.474 e. The van der Waals surface area contributed by atoms with E-state index in [0.29, 0.717) is 45.5 Å². The summed E-state index contributed by atoms with van der Waals surface area (Å²) in [6.07, 6.45) is 3.07. The quantitative estimate of drug-likeness (QED) is 0.605. The second-order valence-corrected chi connectivity index (χ2v) is 4.10. The number of halogens is 1. The van der Waals surface area contributed by atoms with E-state index in [1.54, 1.807) is 13.3 Å². The Morgan fingerprint density at radius 2 is 1.72 bits per heavy atom. The van der Waals surface area contributed by atoms with E-state index in [-0.39, 0.29) is 0 Å². The number of hydrogen-bond donors (Lipinski definition) is 0. The molecule has 1 heterocycles. The Morgan fingerprint density at radius 1 is 1.06 bits per heavy atom. The smallest absolute Gasteiger partial charge is 0.231 e. The molecule has 18 heavy (non-hydrogen) atoms. The summed E-state index contributed by atoms with van der Waals surface area (Å²) in [5, 5.41) is 0. The molecule has 0 bridgehead atoms. The monoisotopic (exact) mass is 320 g/mol. The number of methoxy groups -OCH3 is 1. The third-order valence-corrected chi connectivity index (χ3v) is 2.45. The van der Waals surface area contributed by atoms with Gasteiger partial charge in [-0.25, -0.2) is 9.97 Å². The normalized spacial score (nSPS) is 10.6. The zero-order valence-electron chi connectivity index (χ0n) is 10.3. The van der Waals surface area contributed by atoms with Gasteiger partial charge in [0.05, 0.1) is 37.5 Å². The molecule has 0 radical (unpaired) electrons. The van der Waals surface area contributed by atoms with Gasteiger partial charge < -0.3 is 18.9 Å². The van der Waals surface area contributed by atoms with Gasteiger partial charge in [0.1, 0.15) is 12.9 Å². The van der Waals surface area contributed by atoms with E-state index >= 15 is 0 Å². The Labute approximate surface area is 115 Å². The van der Waals surface area contributed by atoms with Gasteiger partial charge in [-0.2, -0.15) is 0 Å². The van der Waals surface area contributed by atoms with Crippen molar-refractivity contribution >= 4 is 15.9 Å². The van der Waals surface area contributed by atoms with Crippen LogP contribution in [0.15, 0.2) is 17.0 Å². The first-order chi connectivity index (χ1) is 8.84. The van der Waals surface area contributed by atoms with Crippen LogP contribution in [0.5, 0.6) is 5.88 Å². The molecule has 0 unspecified atom stereocenters. The Bertz CT molecular complexity index is 328. The third kappa shape index (κ3) is 6.85. The Morgan fingerprint density at radius 3 is 2.39 bits per heavy atom. The highest BCUT2D eigenvalue weighted by Gasteiger charge is 2.01. The summed E-state index contributed by atoms with van der Waals surface area (Å²) in [7, 11) is 1.64. The number of nitrogens with zero attached hydrogens (tertiary/aromatic N) is 2. The highest BCUT2D eigenvalue weighted by atomic mass is 79.9. The number of aromatic nitrogens is 2. The minimum absolute atomic E-state index is 0.438. The van der Waals surface area contributed by atoms with Crippen molar-refractivity contribution in [2.24, 2.45) is 0 Å². The summed E-state index contributed by atoms with van der Waals surface area (Å²) in [5.41, 5.74) is 0. The molecule has 0 saturated heterocycles. The minimum Gasteiger partial charge on any atom is -0.474 e. The van der Waals surface area contributed by atoms with Crippen LogP contribution in [0.4, 0.5) is 0 Å². The molecule has 6 nitrogen and oxygen atoms in total. The molecule has 0 saturated carbocycles. The first-order valence-electron chi connectivity index (χ1n) is 5.57. The molecule has 0 aliphatic carbocycles. The van der Waals surface area contributed by atoms with Crippen molar-refractivity contribution in [3.8, 4) is 5.88 Å². The average molecular weight is 321 g/mol. The third-order valence-electron chi connectivity index (χ3n) is 1.90. The van der Waals surface area contributed by atoms with E-state index in [0.717, 1.165) is 4.47 Å². The molecule has 1 aromatic rings. The molecule has 0 spiro atoms. The lowest BCUT2D eigenvalue weighted by atomic mass is 10.6. The molecule has 102 valence electrons. The summed E-state index contributed by atoms with van der Waals surface area (Å²) < 4.78 is 21.5. The molecule has 0 N–H and O–H groups in total. The second kappa shape index (κ2) is 10.2. The lowest BCUT2D eigenvalue weighted by Gasteiger charge is -2.07. The molecule has 1 rings (SSSR count). The summed E-state index contributed by atoms with van der Waals surface area (Å²) in [6.45, 7) is 3.21. The maximum atomic E-state index is 5.40. The Balaban J connectivity index is 1.94. The Kier molecular flexibility index (Phi) is 8.66. The molecule has 0 aliphatic rings. The highest BCUT2D eigenvalue weighted by Crippen LogP contribution is 2.19. The molecule has 0 amide bonds. The first-order valence-corrected chi connectivity index (χ1v) is 6.36. The van der Waals surface area contributed by atoms with E-state index < -0.39 is 0 Å². The van der Waals surface area contributed by atoms with Crippen molar-refractivity contribution in [2.75, 3.05) is 46.8 Å². The van der Waals surface area contributed by atoms with Crippen molar-refractivity contribution in [3.05, 3.63) is 17.0 Å². The highest BCUT2D eigenvalue weighted by molar-refractivity contribution is 9.10. The second-order valence-electron chi connectivity index (χ2n) is 3.24. The number of ether oxygens (including phenoxy) is 4. The standard InChI is InChI=1S/C11H17BrN2O4/c1-15-2-3-16-4-5-17-6-7-18-11-10(12)8-13-9-14-11/h8-9H,2-7H2,1H3. The molecule has 0 atom stereocenters. The van der Waals surface area contributed by atoms with Gasteiger partial charge in [-0.05, 0) is 15.9 Å². The van der Waals surface area contributed by atoms with E-state index in [1.807, 2.05) is 0 Å². The van der Waals surface area contributed by atoms with Crippen LogP contribution in [0.3, 0.4) is 0 Å². The van der Waals surface area contributed by atoms with Crippen LogP contribution in [0.25, 0.3) is 0 Å². The van der Waals surface area contributed by atoms with Crippen LogP contribution in [-0.4, -0.2) is 56.7 Å². The van der Waals surface area contributed by atoms with Gasteiger partial charge in [-0.1, -0.05) is 0 Å². The van der Waals surface area contributed by atoms with Crippen LogP contribution in [0, 0.1) is 0 Å². The number of hydrogen-bond acceptors (Lipinski definition) is 6. The molecule has 1 aromatic heterocycles. The summed E-state index contributed by atoms with van der Waals surface area (Å²) in [6, 6.07) is 0. The molecular weight excluding hydrogens is 304 g/mol. The van der Waals surface area contributed by atoms with E-state index in [1.165, 1.54) is 6.33 Å². The lowest BCUT2D eigenvalue weighted by molar-refractivity contribution is 0.0176. The van der Waals surface area contributed by atoms with Gasteiger partial charge in [-0.3, -0.25) is 0 Å². The summed E-state index contributed by atoms with van der Waals surface area (Å²) >= 11 is 3.29. The Hall–Kier alpha value is -0.760. The van der Waals surface area contributed by atoms with Gasteiger partial charge in [-0.15, -0.1) is 0 Å². The van der Waals surface area contributed by atoms with E-state index in [4.69, 9.17) is 18.9 Å². The minimum atomic E-state index is 0.438. The zero-order chi connectivity index (χ0) is 13.1. The first kappa shape index (κ1) is 15.3. The zero-order valence-corrected chi connectivity index (χ0v) is 11.9. The van der Waals surface area contributed by atoms with Gasteiger partial charge in [0.2, 0.25) is 5.88 Å². The van der Waals surface area contributed by atoms with Crippen LogP contribution in [0.1, 0.15) is 0 Å². The fraction of sp³-hybridized carbons (Fsp3) is 0.636. The van der Waals surface area contributed by atoms with Crippen LogP contribution in [0.2, 0.25) is 0 Å². The average Bonchev–Trinajstić information content (AvgIpc) is 2.39. The predicted molar refractivity (Wildman–Crippen MR) is 68.7 cm³/mol. The van der Waals surface area contributed by atoms with Crippen LogP contribution < -0.4 is 4.74 Å². The van der Waals surface area contributed by atoms with Gasteiger partial charge in [0, 0.05) is 13.3 Å². The molecule has 7 heteroatoms. The van der Waals surface area contributed by atoms with E-state index in [2.05, 4.69) is 25.9 Å². The summed E-state index contributed by atoms with van der Waals surface area (Å²) in [5.74, 6) is 0.518. The van der Waals surface area contributed by atoms with E-state index in [9.17, 15) is 0 Å². The van der Waals surface area contributed by atoms with Crippen molar-refractivity contribution < 1.29 is 18.9 Å². The maximum absolute atomic E-state index is 5.40. The van der Waals surface area contributed by atoms with Crippen molar-refractivity contribution in [1.29, 1.82) is 0 Å². The molecule has 0 aromatic carbocycles. The molecule has 0 aliphatic heterocycles. The molecular formula is C11H17BrN2O4. The topological polar surface area (TPSA) is 62.7 Å². The van der Waals surface area contributed by atoms with Gasteiger partial charge in [0.15, 0.2) is 0 Å². The van der Waals surface area contributed by atoms with Gasteiger partial charge >= 0.3 is 0 Å². The number of rotatable bonds is 10. The predicted octanol–water partition coefficient (Wildman–Crippen LogP) is 1.30. The molecule has 0 fully saturated rings. The lowest BCUT2D eigenvalue weighted by Crippen LogP contribution is -2.12. The van der Waals surface area contributed by atoms with Gasteiger partial charge in [0.25, 0.3) is 0 Å². The van der Waals surface area contributed by atoms with Crippen molar-refractivity contribution in [2.45, 2.75) is 0 Å². The fourth-order valence-corrected chi connectivity index (χ4v) is 1.40.